The maximum Gasteiger partial charge on any atom is 0.288 e. The third kappa shape index (κ3) is 4.57. The van der Waals surface area contributed by atoms with Crippen LogP contribution in [0.1, 0.15) is 19.4 Å². The van der Waals surface area contributed by atoms with Crippen molar-refractivity contribution in [3.63, 3.8) is 0 Å². The maximum atomic E-state index is 12.2. The first-order valence-corrected chi connectivity index (χ1v) is 8.30. The van der Waals surface area contributed by atoms with Crippen molar-refractivity contribution < 1.29 is 14.4 Å². The van der Waals surface area contributed by atoms with Crippen LogP contribution in [0.5, 0.6) is 0 Å². The zero-order valence-corrected chi connectivity index (χ0v) is 14.5. The Kier molecular flexibility index (Phi) is 5.95. The number of Topliss-reactive ketones (excluding diaryl/α,β-unsaturated/α-hetero) is 1. The molecular weight excluding hydrogens is 306 g/mol. The fourth-order valence-electron chi connectivity index (χ4n) is 2.59. The molecule has 1 fully saturated rings. The van der Waals surface area contributed by atoms with Gasteiger partial charge in [-0.2, -0.15) is 0 Å². The number of rotatable bonds is 5. The quantitative estimate of drug-likeness (QED) is 0.817. The highest BCUT2D eigenvalue weighted by Gasteiger charge is 2.23. The molecule has 0 spiro atoms. The number of aryl methyl sites for hydroxylation is 1. The van der Waals surface area contributed by atoms with Crippen molar-refractivity contribution in [2.45, 2.75) is 20.8 Å². The zero-order chi connectivity index (χ0) is 17.7. The second-order valence-corrected chi connectivity index (χ2v) is 6.41. The number of benzene rings is 1. The van der Waals surface area contributed by atoms with E-state index < -0.39 is 11.7 Å². The van der Waals surface area contributed by atoms with E-state index in [4.69, 9.17) is 0 Å². The first-order valence-electron chi connectivity index (χ1n) is 8.30. The number of carbonyl (C=O) groups is 3. The fourth-order valence-corrected chi connectivity index (χ4v) is 2.59. The van der Waals surface area contributed by atoms with Crippen LogP contribution in [0.3, 0.4) is 0 Å². The van der Waals surface area contributed by atoms with E-state index in [1.807, 2.05) is 0 Å². The molecule has 6 nitrogen and oxygen atoms in total. The predicted octanol–water partition coefficient (Wildman–Crippen LogP) is 0.985. The number of anilines is 1. The van der Waals surface area contributed by atoms with Crippen LogP contribution in [0.25, 0.3) is 0 Å². The maximum absolute atomic E-state index is 12.2. The lowest BCUT2D eigenvalue weighted by atomic mass is 10.1. The molecule has 1 aromatic carbocycles. The Morgan fingerprint density at radius 1 is 1.04 bits per heavy atom. The van der Waals surface area contributed by atoms with E-state index in [2.05, 4.69) is 41.4 Å². The molecule has 24 heavy (non-hydrogen) atoms. The monoisotopic (exact) mass is 331 g/mol. The van der Waals surface area contributed by atoms with Gasteiger partial charge in [-0.05, 0) is 19.1 Å². The Bertz CT molecular complexity index is 602. The topological polar surface area (TPSA) is 69.7 Å². The standard InChI is InChI=1S/C18H25N3O3/c1-13(2)17(23)18(24)19-12-16(22)21-10-8-20(9-11-21)15-6-4-14(3)5-7-15/h4-7,13H,8-12H2,1-3H3,(H,19,24). The molecule has 6 heteroatoms. The van der Waals surface area contributed by atoms with E-state index >= 15 is 0 Å². The van der Waals surface area contributed by atoms with Crippen molar-refractivity contribution in [1.82, 2.24) is 10.2 Å². The molecule has 1 aliphatic rings. The molecule has 1 aromatic rings. The smallest absolute Gasteiger partial charge is 0.288 e. The summed E-state index contributed by atoms with van der Waals surface area (Å²) in [7, 11) is 0. The van der Waals surface area contributed by atoms with E-state index in [0.29, 0.717) is 13.1 Å². The first-order chi connectivity index (χ1) is 11.4. The third-order valence-corrected chi connectivity index (χ3v) is 4.18. The largest absolute Gasteiger partial charge is 0.368 e. The lowest BCUT2D eigenvalue weighted by Crippen LogP contribution is -2.51. The number of hydrogen-bond acceptors (Lipinski definition) is 4. The second kappa shape index (κ2) is 7.95. The summed E-state index contributed by atoms with van der Waals surface area (Å²) >= 11 is 0. The van der Waals surface area contributed by atoms with Gasteiger partial charge >= 0.3 is 0 Å². The molecule has 1 heterocycles. The summed E-state index contributed by atoms with van der Waals surface area (Å²) in [4.78, 5) is 39.2. The summed E-state index contributed by atoms with van der Waals surface area (Å²) in [5.41, 5.74) is 2.38. The molecule has 0 aromatic heterocycles. The Balaban J connectivity index is 1.79. The van der Waals surface area contributed by atoms with Gasteiger partial charge in [0.05, 0.1) is 6.54 Å². The lowest BCUT2D eigenvalue weighted by Gasteiger charge is -2.36. The van der Waals surface area contributed by atoms with E-state index in [0.717, 1.165) is 18.8 Å². The molecule has 0 radical (unpaired) electrons. The van der Waals surface area contributed by atoms with Gasteiger partial charge in [-0.3, -0.25) is 14.4 Å². The van der Waals surface area contributed by atoms with Crippen molar-refractivity contribution in [3.05, 3.63) is 29.8 Å². The van der Waals surface area contributed by atoms with Gasteiger partial charge in [0, 0.05) is 37.8 Å². The number of hydrogen-bond donors (Lipinski definition) is 1. The molecule has 0 atom stereocenters. The van der Waals surface area contributed by atoms with Crippen LogP contribution in [-0.2, 0) is 14.4 Å². The SMILES string of the molecule is Cc1ccc(N2CCN(C(=O)CNC(=O)C(=O)C(C)C)CC2)cc1. The number of ketones is 1. The van der Waals surface area contributed by atoms with Gasteiger partial charge in [0.15, 0.2) is 0 Å². The minimum atomic E-state index is -0.684. The molecule has 0 bridgehead atoms. The molecule has 2 amide bonds. The minimum absolute atomic E-state index is 0.123. The number of amides is 2. The number of piperazine rings is 1. The normalized spacial score (nSPS) is 14.7. The summed E-state index contributed by atoms with van der Waals surface area (Å²) in [5.74, 6) is -1.69. The van der Waals surface area contributed by atoms with Crippen LogP contribution in [0, 0.1) is 12.8 Å². The molecule has 0 aliphatic carbocycles. The Morgan fingerprint density at radius 3 is 2.17 bits per heavy atom. The third-order valence-electron chi connectivity index (χ3n) is 4.18. The number of carbonyl (C=O) groups excluding carboxylic acids is 3. The first kappa shape index (κ1) is 18.0. The summed E-state index contributed by atoms with van der Waals surface area (Å²) in [5, 5.41) is 2.42. The van der Waals surface area contributed by atoms with Gasteiger partial charge in [-0.1, -0.05) is 31.5 Å². The van der Waals surface area contributed by atoms with Crippen LogP contribution in [0.15, 0.2) is 24.3 Å². The Labute approximate surface area is 142 Å². The van der Waals surface area contributed by atoms with E-state index in [1.165, 1.54) is 5.56 Å². The lowest BCUT2D eigenvalue weighted by molar-refractivity contribution is -0.141. The summed E-state index contributed by atoms with van der Waals surface area (Å²) in [6, 6.07) is 8.33. The second-order valence-electron chi connectivity index (χ2n) is 6.41. The molecule has 2 rings (SSSR count). The van der Waals surface area contributed by atoms with Crippen LogP contribution < -0.4 is 10.2 Å². The number of nitrogens with zero attached hydrogens (tertiary/aromatic N) is 2. The minimum Gasteiger partial charge on any atom is -0.368 e. The molecule has 0 saturated carbocycles. The molecule has 130 valence electrons. The van der Waals surface area contributed by atoms with Gasteiger partial charge in [0.2, 0.25) is 11.7 Å². The predicted molar refractivity (Wildman–Crippen MR) is 92.8 cm³/mol. The van der Waals surface area contributed by atoms with Crippen molar-refractivity contribution in [2.24, 2.45) is 5.92 Å². The fraction of sp³-hybridized carbons (Fsp3) is 0.500. The van der Waals surface area contributed by atoms with Crippen LogP contribution in [0.2, 0.25) is 0 Å². The van der Waals surface area contributed by atoms with Gasteiger partial charge in [0.25, 0.3) is 5.91 Å². The van der Waals surface area contributed by atoms with Crippen molar-refractivity contribution in [3.8, 4) is 0 Å². The summed E-state index contributed by atoms with van der Waals surface area (Å²) < 4.78 is 0. The van der Waals surface area contributed by atoms with Crippen LogP contribution in [-0.4, -0.2) is 55.2 Å². The average molecular weight is 331 g/mol. The van der Waals surface area contributed by atoms with E-state index in [-0.39, 0.29) is 18.4 Å². The van der Waals surface area contributed by atoms with Crippen molar-refractivity contribution >= 4 is 23.3 Å². The highest BCUT2D eigenvalue weighted by Crippen LogP contribution is 2.17. The molecule has 1 N–H and O–H groups in total. The summed E-state index contributed by atoms with van der Waals surface area (Å²) in [6.07, 6.45) is 0. The van der Waals surface area contributed by atoms with Gasteiger partial charge < -0.3 is 15.1 Å². The molecule has 0 unspecified atom stereocenters. The van der Waals surface area contributed by atoms with E-state index in [9.17, 15) is 14.4 Å². The average Bonchev–Trinajstić information content (AvgIpc) is 2.59. The Morgan fingerprint density at radius 2 is 1.62 bits per heavy atom. The number of nitrogens with one attached hydrogen (secondary N) is 1. The molecular formula is C18H25N3O3. The summed E-state index contributed by atoms with van der Waals surface area (Å²) in [6.45, 7) is 7.99. The van der Waals surface area contributed by atoms with Crippen LogP contribution >= 0.6 is 0 Å². The molecule has 1 saturated heterocycles. The van der Waals surface area contributed by atoms with Gasteiger partial charge in [-0.15, -0.1) is 0 Å². The van der Waals surface area contributed by atoms with Crippen molar-refractivity contribution in [2.75, 3.05) is 37.6 Å². The van der Waals surface area contributed by atoms with Crippen molar-refractivity contribution in [1.29, 1.82) is 0 Å². The Hall–Kier alpha value is -2.37. The van der Waals surface area contributed by atoms with Crippen LogP contribution in [0.4, 0.5) is 5.69 Å². The van der Waals surface area contributed by atoms with E-state index in [1.54, 1.807) is 18.7 Å². The van der Waals surface area contributed by atoms with Gasteiger partial charge in [-0.25, -0.2) is 0 Å². The van der Waals surface area contributed by atoms with Gasteiger partial charge in [0.1, 0.15) is 0 Å². The highest BCUT2D eigenvalue weighted by molar-refractivity contribution is 6.37. The molecule has 1 aliphatic heterocycles. The zero-order valence-electron chi connectivity index (χ0n) is 14.5. The highest BCUT2D eigenvalue weighted by atomic mass is 16.2.